The minimum Gasteiger partial charge on any atom is -0.478 e. The Balaban J connectivity index is 1.48. The number of morpholine rings is 1. The Kier molecular flexibility index (Phi) is 8.45. The van der Waals surface area contributed by atoms with Crippen molar-refractivity contribution in [2.45, 2.75) is 65.3 Å². The van der Waals surface area contributed by atoms with E-state index in [1.54, 1.807) is 24.3 Å². The number of thiazole rings is 1. The summed E-state index contributed by atoms with van der Waals surface area (Å²) in [4.78, 5) is 38.0. The predicted molar refractivity (Wildman–Crippen MR) is 170 cm³/mol. The molecule has 224 valence electrons. The zero-order valence-corrected chi connectivity index (χ0v) is 25.9. The van der Waals surface area contributed by atoms with E-state index in [-0.39, 0.29) is 18.0 Å². The van der Waals surface area contributed by atoms with Gasteiger partial charge < -0.3 is 19.3 Å². The lowest BCUT2D eigenvalue weighted by molar-refractivity contribution is -0.136. The van der Waals surface area contributed by atoms with Crippen LogP contribution < -0.4 is 0 Å². The molecular weight excluding hydrogens is 560 g/mol. The second kappa shape index (κ2) is 12.4. The first-order chi connectivity index (χ1) is 20.8. The van der Waals surface area contributed by atoms with Crippen LogP contribution in [-0.4, -0.2) is 62.7 Å². The normalized spacial score (nSPS) is 16.6. The third kappa shape index (κ3) is 6.15. The fraction of sp³-hybridized carbons (Fsp3) is 0.412. The van der Waals surface area contributed by atoms with Gasteiger partial charge in [-0.15, -0.1) is 11.3 Å². The van der Waals surface area contributed by atoms with Crippen LogP contribution in [0.5, 0.6) is 0 Å². The Morgan fingerprint density at radius 2 is 1.81 bits per heavy atom. The van der Waals surface area contributed by atoms with E-state index in [2.05, 4.69) is 41.4 Å². The van der Waals surface area contributed by atoms with E-state index in [1.807, 2.05) is 23.3 Å². The average Bonchev–Trinajstić information content (AvgIpc) is 3.55. The molecule has 1 saturated carbocycles. The highest BCUT2D eigenvalue weighted by molar-refractivity contribution is 7.15. The number of hydrogen-bond donors (Lipinski definition) is 1. The van der Waals surface area contributed by atoms with Crippen molar-refractivity contribution >= 4 is 40.2 Å². The number of carboxylic acids is 1. The topological polar surface area (TPSA) is 97.5 Å². The third-order valence-corrected chi connectivity index (χ3v) is 9.76. The van der Waals surface area contributed by atoms with E-state index in [0.717, 1.165) is 62.0 Å². The fourth-order valence-corrected chi connectivity index (χ4v) is 7.32. The SMILES string of the molecule is C/C(=C\c1cc(C2CCCCC2)c(-c2ccc3nc(-c4sc(C)nc4C)ccc3c2)n1CC(=O)N1CCOCC1)C(=O)O. The first kappa shape index (κ1) is 29.3. The number of carboxylic acid groups (broad SMARTS) is 1. The summed E-state index contributed by atoms with van der Waals surface area (Å²) in [7, 11) is 0. The Bertz CT molecular complexity index is 1710. The number of aliphatic carboxylic acids is 1. The van der Waals surface area contributed by atoms with E-state index < -0.39 is 5.97 Å². The van der Waals surface area contributed by atoms with Crippen molar-refractivity contribution in [2.24, 2.45) is 0 Å². The van der Waals surface area contributed by atoms with Crippen molar-refractivity contribution in [2.75, 3.05) is 26.3 Å². The van der Waals surface area contributed by atoms with Gasteiger partial charge in [-0.1, -0.05) is 31.4 Å². The number of ether oxygens (including phenoxy) is 1. The number of benzene rings is 1. The van der Waals surface area contributed by atoms with Gasteiger partial charge in [0.1, 0.15) is 6.54 Å². The van der Waals surface area contributed by atoms with Crippen LogP contribution >= 0.6 is 11.3 Å². The number of rotatable bonds is 7. The first-order valence-corrected chi connectivity index (χ1v) is 16.0. The molecule has 1 saturated heterocycles. The van der Waals surface area contributed by atoms with Crippen molar-refractivity contribution < 1.29 is 19.4 Å². The smallest absolute Gasteiger partial charge is 0.331 e. The number of pyridine rings is 1. The zero-order valence-electron chi connectivity index (χ0n) is 25.1. The van der Waals surface area contributed by atoms with E-state index in [1.165, 1.54) is 24.8 Å². The number of carbonyl (C=O) groups excluding carboxylic acids is 1. The van der Waals surface area contributed by atoms with E-state index in [0.29, 0.717) is 32.2 Å². The van der Waals surface area contributed by atoms with Gasteiger partial charge in [0.05, 0.1) is 45.7 Å². The van der Waals surface area contributed by atoms with Gasteiger partial charge in [-0.2, -0.15) is 0 Å². The van der Waals surface area contributed by atoms with Crippen LogP contribution in [0.25, 0.3) is 38.8 Å². The maximum atomic E-state index is 13.6. The molecule has 9 heteroatoms. The summed E-state index contributed by atoms with van der Waals surface area (Å²) < 4.78 is 7.52. The van der Waals surface area contributed by atoms with E-state index in [9.17, 15) is 14.7 Å². The molecular formula is C34H38N4O4S. The molecule has 8 nitrogen and oxygen atoms in total. The molecule has 1 aromatic carbocycles. The molecule has 4 heterocycles. The number of nitrogens with zero attached hydrogens (tertiary/aromatic N) is 4. The fourth-order valence-electron chi connectivity index (χ4n) is 6.43. The molecule has 1 N–H and O–H groups in total. The Morgan fingerprint density at radius 1 is 1.05 bits per heavy atom. The molecule has 2 aliphatic rings. The lowest BCUT2D eigenvalue weighted by Gasteiger charge is -2.28. The molecule has 4 aromatic rings. The summed E-state index contributed by atoms with van der Waals surface area (Å²) in [5.74, 6) is -0.596. The van der Waals surface area contributed by atoms with E-state index >= 15 is 0 Å². The molecule has 2 fully saturated rings. The largest absolute Gasteiger partial charge is 0.478 e. The molecule has 43 heavy (non-hydrogen) atoms. The highest BCUT2D eigenvalue weighted by Gasteiger charge is 2.27. The highest BCUT2D eigenvalue weighted by atomic mass is 32.1. The minimum atomic E-state index is -0.966. The molecule has 1 aliphatic heterocycles. The summed E-state index contributed by atoms with van der Waals surface area (Å²) >= 11 is 1.65. The molecule has 0 unspecified atom stereocenters. The highest BCUT2D eigenvalue weighted by Crippen LogP contribution is 2.41. The van der Waals surface area contributed by atoms with Gasteiger partial charge in [0, 0.05) is 29.7 Å². The molecule has 0 spiro atoms. The first-order valence-electron chi connectivity index (χ1n) is 15.1. The number of hydrogen-bond acceptors (Lipinski definition) is 6. The van der Waals surface area contributed by atoms with Gasteiger partial charge in [-0.25, -0.2) is 14.8 Å². The third-order valence-electron chi connectivity index (χ3n) is 8.66. The van der Waals surface area contributed by atoms with Gasteiger partial charge in [-0.3, -0.25) is 4.79 Å². The van der Waals surface area contributed by atoms with Crippen molar-refractivity contribution in [3.05, 3.63) is 63.9 Å². The lowest BCUT2D eigenvalue weighted by Crippen LogP contribution is -2.42. The van der Waals surface area contributed by atoms with Crippen molar-refractivity contribution in [3.63, 3.8) is 0 Å². The van der Waals surface area contributed by atoms with Crippen LogP contribution in [0.4, 0.5) is 0 Å². The summed E-state index contributed by atoms with van der Waals surface area (Å²) in [5, 5.41) is 11.8. The monoisotopic (exact) mass is 598 g/mol. The lowest BCUT2D eigenvalue weighted by atomic mass is 9.83. The Morgan fingerprint density at radius 3 is 2.51 bits per heavy atom. The van der Waals surface area contributed by atoms with Crippen molar-refractivity contribution in [3.8, 4) is 21.8 Å². The Labute approximate surface area is 256 Å². The van der Waals surface area contributed by atoms with Gasteiger partial charge in [0.25, 0.3) is 0 Å². The summed E-state index contributed by atoms with van der Waals surface area (Å²) in [6, 6.07) is 12.6. The molecule has 0 atom stereocenters. The van der Waals surface area contributed by atoms with Crippen LogP contribution in [0, 0.1) is 13.8 Å². The van der Waals surface area contributed by atoms with E-state index in [4.69, 9.17) is 9.72 Å². The quantitative estimate of drug-likeness (QED) is 0.234. The van der Waals surface area contributed by atoms with Gasteiger partial charge >= 0.3 is 5.97 Å². The second-order valence-electron chi connectivity index (χ2n) is 11.7. The standard InChI is InChI=1S/C34H38N4O4S/c1-21(34(40)41)17-27-19-28(24-7-5-4-6-8-24)32(38(27)20-31(39)37-13-15-42-16-14-37)26-10-11-29-25(18-26)9-12-30(36-29)33-22(2)35-23(3)43-33/h9-12,17-19,24H,4-8,13-16,20H2,1-3H3,(H,40,41)/b21-17+. The van der Waals surface area contributed by atoms with Crippen molar-refractivity contribution in [1.29, 1.82) is 0 Å². The number of carbonyl (C=O) groups is 2. The van der Waals surface area contributed by atoms with Crippen molar-refractivity contribution in [1.82, 2.24) is 19.4 Å². The van der Waals surface area contributed by atoms with Crippen LogP contribution in [0.2, 0.25) is 0 Å². The minimum absolute atomic E-state index is 0.0142. The number of aromatic nitrogens is 3. The molecule has 6 rings (SSSR count). The molecule has 3 aromatic heterocycles. The number of aryl methyl sites for hydroxylation is 2. The predicted octanol–water partition coefficient (Wildman–Crippen LogP) is 6.84. The summed E-state index contributed by atoms with van der Waals surface area (Å²) in [6.07, 6.45) is 7.45. The maximum absolute atomic E-state index is 13.6. The maximum Gasteiger partial charge on any atom is 0.331 e. The van der Waals surface area contributed by atoms with Gasteiger partial charge in [-0.05, 0) is 81.0 Å². The molecule has 0 bridgehead atoms. The zero-order chi connectivity index (χ0) is 30.1. The molecule has 1 aliphatic carbocycles. The van der Waals surface area contributed by atoms with Crippen LogP contribution in [0.1, 0.15) is 66.9 Å². The van der Waals surface area contributed by atoms with Gasteiger partial charge in [0.2, 0.25) is 5.91 Å². The van der Waals surface area contributed by atoms with Gasteiger partial charge in [0.15, 0.2) is 0 Å². The summed E-state index contributed by atoms with van der Waals surface area (Å²) in [6.45, 7) is 7.96. The summed E-state index contributed by atoms with van der Waals surface area (Å²) in [5.41, 5.74) is 7.00. The number of fused-ring (bicyclic) bond motifs is 1. The van der Waals surface area contributed by atoms with Crippen LogP contribution in [-0.2, 0) is 20.9 Å². The van der Waals surface area contributed by atoms with Crippen LogP contribution in [0.15, 0.2) is 42.0 Å². The number of amides is 1. The Hall–Kier alpha value is -3.82. The average molecular weight is 599 g/mol. The second-order valence-corrected chi connectivity index (χ2v) is 12.9. The molecule has 0 radical (unpaired) electrons. The van der Waals surface area contributed by atoms with Crippen LogP contribution in [0.3, 0.4) is 0 Å². The molecule has 1 amide bonds.